The highest BCUT2D eigenvalue weighted by Gasteiger charge is 2.29. The molecule has 1 aromatic carbocycles. The second-order valence-corrected chi connectivity index (χ2v) is 7.85. The van der Waals surface area contributed by atoms with E-state index in [1.165, 1.54) is 0 Å². The van der Waals surface area contributed by atoms with Crippen molar-refractivity contribution in [1.29, 1.82) is 0 Å². The normalized spacial score (nSPS) is 19.4. The third-order valence-electron chi connectivity index (χ3n) is 5.01. The molecule has 1 atom stereocenters. The Hall–Kier alpha value is -2.16. The summed E-state index contributed by atoms with van der Waals surface area (Å²) in [5.41, 5.74) is 7.82. The number of ether oxygens (including phenoxy) is 1. The first kappa shape index (κ1) is 18.2. The molecule has 0 saturated carbocycles. The van der Waals surface area contributed by atoms with Gasteiger partial charge >= 0.3 is 0 Å². The number of nitrogens with zero attached hydrogens (tertiary/aromatic N) is 4. The summed E-state index contributed by atoms with van der Waals surface area (Å²) in [7, 11) is 1.67. The van der Waals surface area contributed by atoms with E-state index in [-0.39, 0.29) is 11.9 Å². The van der Waals surface area contributed by atoms with Gasteiger partial charge in [0.2, 0.25) is 5.91 Å². The number of nitrogens with two attached hydrogens (primary N) is 1. The number of rotatable bonds is 5. The Morgan fingerprint density at radius 1 is 1.33 bits per heavy atom. The molecule has 7 nitrogen and oxygen atoms in total. The highest BCUT2D eigenvalue weighted by atomic mass is 32.2. The first-order chi connectivity index (χ1) is 13.2. The predicted octanol–water partition coefficient (Wildman–Crippen LogP) is 2.52. The molecule has 1 amide bonds. The van der Waals surface area contributed by atoms with E-state index >= 15 is 0 Å². The topological polar surface area (TPSA) is 84.6 Å². The van der Waals surface area contributed by atoms with E-state index in [1.807, 2.05) is 4.90 Å². The number of hydrogen-bond acceptors (Lipinski definition) is 7. The van der Waals surface area contributed by atoms with Gasteiger partial charge in [0.1, 0.15) is 11.8 Å². The number of amides is 1. The van der Waals surface area contributed by atoms with Crippen molar-refractivity contribution in [1.82, 2.24) is 14.9 Å². The number of methoxy groups -OCH3 is 1. The molecule has 1 saturated heterocycles. The molecule has 27 heavy (non-hydrogen) atoms. The Morgan fingerprint density at radius 2 is 2.19 bits per heavy atom. The molecule has 2 aromatic rings. The molecule has 0 radical (unpaired) electrons. The fourth-order valence-electron chi connectivity index (χ4n) is 3.75. The second-order valence-electron chi connectivity index (χ2n) is 6.82. The van der Waals surface area contributed by atoms with Crippen molar-refractivity contribution in [2.24, 2.45) is 5.73 Å². The van der Waals surface area contributed by atoms with Crippen LogP contribution in [0.25, 0.3) is 0 Å². The van der Waals surface area contributed by atoms with Gasteiger partial charge in [-0.3, -0.25) is 14.6 Å². The number of fused-ring (bicyclic) bond motifs is 2. The number of primary amides is 1. The molecule has 3 heterocycles. The molecule has 2 N–H and O–H groups in total. The molecule has 2 aliphatic heterocycles. The van der Waals surface area contributed by atoms with Gasteiger partial charge in [0.05, 0.1) is 11.7 Å². The standard InChI is InChI=1S/C19H23N5O2S/c1-26-12-24-15-10-13(11-23-9-3-2-4-14(23)17(20)25)5-6-16(15)27-19-18(24)21-7-8-22-19/h5-8,10,14H,2-4,9,11-12H2,1H3,(H2,20,25). The Kier molecular flexibility index (Phi) is 5.29. The van der Waals surface area contributed by atoms with Gasteiger partial charge < -0.3 is 10.5 Å². The molecule has 1 aromatic heterocycles. The quantitative estimate of drug-likeness (QED) is 0.846. The number of likely N-dealkylation sites (tertiary alicyclic amines) is 1. The van der Waals surface area contributed by atoms with Gasteiger partial charge in [0, 0.05) is 30.9 Å². The lowest BCUT2D eigenvalue weighted by atomic mass is 10.0. The molecular formula is C19H23N5O2S. The minimum absolute atomic E-state index is 0.175. The lowest BCUT2D eigenvalue weighted by Crippen LogP contribution is -2.47. The fourth-order valence-corrected chi connectivity index (χ4v) is 4.73. The molecule has 1 fully saturated rings. The maximum absolute atomic E-state index is 11.8. The number of hydrogen-bond donors (Lipinski definition) is 1. The largest absolute Gasteiger partial charge is 0.368 e. The summed E-state index contributed by atoms with van der Waals surface area (Å²) in [5.74, 6) is 0.579. The van der Waals surface area contributed by atoms with E-state index in [0.717, 1.165) is 52.8 Å². The van der Waals surface area contributed by atoms with Gasteiger partial charge in [0.15, 0.2) is 5.82 Å². The highest BCUT2D eigenvalue weighted by Crippen LogP contribution is 2.46. The lowest BCUT2D eigenvalue weighted by Gasteiger charge is -2.34. The van der Waals surface area contributed by atoms with Crippen molar-refractivity contribution in [3.63, 3.8) is 0 Å². The molecule has 0 aliphatic carbocycles. The highest BCUT2D eigenvalue weighted by molar-refractivity contribution is 7.99. The van der Waals surface area contributed by atoms with Crippen LogP contribution < -0.4 is 10.6 Å². The van der Waals surface area contributed by atoms with Crippen molar-refractivity contribution in [2.75, 3.05) is 25.3 Å². The number of aromatic nitrogens is 2. The zero-order valence-corrected chi connectivity index (χ0v) is 16.1. The smallest absolute Gasteiger partial charge is 0.234 e. The first-order valence-corrected chi connectivity index (χ1v) is 9.90. The fraction of sp³-hybridized carbons (Fsp3) is 0.421. The maximum Gasteiger partial charge on any atom is 0.234 e. The van der Waals surface area contributed by atoms with Crippen molar-refractivity contribution in [2.45, 2.75) is 41.8 Å². The van der Waals surface area contributed by atoms with Crippen LogP contribution in [-0.2, 0) is 16.1 Å². The molecule has 0 bridgehead atoms. The Balaban J connectivity index is 1.63. The van der Waals surface area contributed by atoms with Crippen molar-refractivity contribution < 1.29 is 9.53 Å². The average Bonchev–Trinajstić information content (AvgIpc) is 2.68. The van der Waals surface area contributed by atoms with Gasteiger partial charge in [-0.2, -0.15) is 0 Å². The van der Waals surface area contributed by atoms with E-state index < -0.39 is 0 Å². The predicted molar refractivity (Wildman–Crippen MR) is 104 cm³/mol. The molecule has 4 rings (SSSR count). The Bertz CT molecular complexity index is 847. The monoisotopic (exact) mass is 385 g/mol. The summed E-state index contributed by atoms with van der Waals surface area (Å²) < 4.78 is 5.41. The summed E-state index contributed by atoms with van der Waals surface area (Å²) in [5, 5.41) is 0.875. The van der Waals surface area contributed by atoms with Crippen LogP contribution in [0.3, 0.4) is 0 Å². The SMILES string of the molecule is COCN1c2cc(CN3CCCCC3C(N)=O)ccc2Sc2nccnc21. The van der Waals surface area contributed by atoms with Crippen LogP contribution in [0.1, 0.15) is 24.8 Å². The number of benzene rings is 1. The van der Waals surface area contributed by atoms with Crippen LogP contribution in [0.15, 0.2) is 40.5 Å². The van der Waals surface area contributed by atoms with Gasteiger partial charge in [0.25, 0.3) is 0 Å². The molecular weight excluding hydrogens is 362 g/mol. The first-order valence-electron chi connectivity index (χ1n) is 9.09. The summed E-state index contributed by atoms with van der Waals surface area (Å²) in [6.07, 6.45) is 6.40. The minimum Gasteiger partial charge on any atom is -0.368 e. The Labute approximate surface area is 162 Å². The van der Waals surface area contributed by atoms with Gasteiger partial charge in [-0.15, -0.1) is 0 Å². The number of carbonyl (C=O) groups is 1. The van der Waals surface area contributed by atoms with E-state index in [1.54, 1.807) is 31.3 Å². The third kappa shape index (κ3) is 3.65. The van der Waals surface area contributed by atoms with Crippen LogP contribution in [0.2, 0.25) is 0 Å². The van der Waals surface area contributed by atoms with E-state index in [9.17, 15) is 4.79 Å². The molecule has 0 spiro atoms. The molecule has 2 aliphatic rings. The van der Waals surface area contributed by atoms with Crippen LogP contribution in [-0.4, -0.2) is 47.2 Å². The average molecular weight is 385 g/mol. The van der Waals surface area contributed by atoms with Crippen LogP contribution >= 0.6 is 11.8 Å². The minimum atomic E-state index is -0.228. The molecule has 1 unspecified atom stereocenters. The van der Waals surface area contributed by atoms with Gasteiger partial charge in [-0.1, -0.05) is 24.2 Å². The van der Waals surface area contributed by atoms with Crippen molar-refractivity contribution >= 4 is 29.2 Å². The maximum atomic E-state index is 11.8. The van der Waals surface area contributed by atoms with E-state index in [2.05, 4.69) is 33.1 Å². The van der Waals surface area contributed by atoms with Crippen LogP contribution in [0.5, 0.6) is 0 Å². The zero-order valence-electron chi connectivity index (χ0n) is 15.3. The summed E-state index contributed by atoms with van der Waals surface area (Å²) >= 11 is 1.61. The number of anilines is 2. The second kappa shape index (κ2) is 7.84. The number of carbonyl (C=O) groups excluding carboxylic acids is 1. The molecule has 8 heteroatoms. The lowest BCUT2D eigenvalue weighted by molar-refractivity contribution is -0.124. The van der Waals surface area contributed by atoms with E-state index in [0.29, 0.717) is 13.3 Å². The van der Waals surface area contributed by atoms with E-state index in [4.69, 9.17) is 10.5 Å². The van der Waals surface area contributed by atoms with Crippen LogP contribution in [0, 0.1) is 0 Å². The van der Waals surface area contributed by atoms with Crippen molar-refractivity contribution in [3.8, 4) is 0 Å². The zero-order chi connectivity index (χ0) is 18.8. The summed E-state index contributed by atoms with van der Waals surface area (Å²) in [6.45, 7) is 2.01. The van der Waals surface area contributed by atoms with Crippen LogP contribution in [0.4, 0.5) is 11.5 Å². The Morgan fingerprint density at radius 3 is 3.00 bits per heavy atom. The molecule has 142 valence electrons. The summed E-state index contributed by atoms with van der Waals surface area (Å²) in [4.78, 5) is 26.1. The summed E-state index contributed by atoms with van der Waals surface area (Å²) in [6, 6.07) is 6.21. The van der Waals surface area contributed by atoms with Gasteiger partial charge in [-0.05, 0) is 37.1 Å². The number of piperidine rings is 1. The van der Waals surface area contributed by atoms with Gasteiger partial charge in [-0.25, -0.2) is 9.97 Å². The third-order valence-corrected chi connectivity index (χ3v) is 6.06. The van der Waals surface area contributed by atoms with Crippen molar-refractivity contribution in [3.05, 3.63) is 36.2 Å².